The van der Waals surface area contributed by atoms with Crippen molar-refractivity contribution in [3.63, 3.8) is 0 Å². The molecule has 0 unspecified atom stereocenters. The lowest BCUT2D eigenvalue weighted by atomic mass is 10.1. The Morgan fingerprint density at radius 2 is 1.82 bits per heavy atom. The second-order valence-electron chi connectivity index (χ2n) is 4.17. The summed E-state index contributed by atoms with van der Waals surface area (Å²) >= 11 is 5.99. The Kier molecular flexibility index (Phi) is 4.37. The molecule has 7 nitrogen and oxygen atoms in total. The maximum Gasteiger partial charge on any atom is 0.345 e. The molecular formula is C12H9ClN2O5S2. The van der Waals surface area contributed by atoms with Gasteiger partial charge in [0, 0.05) is 17.5 Å². The van der Waals surface area contributed by atoms with Gasteiger partial charge in [-0.3, -0.25) is 0 Å². The van der Waals surface area contributed by atoms with E-state index in [1.807, 2.05) is 0 Å². The average Bonchev–Trinajstić information content (AvgIpc) is 2.46. The lowest BCUT2D eigenvalue weighted by Gasteiger charge is -2.14. The van der Waals surface area contributed by atoms with Gasteiger partial charge in [-0.25, -0.2) is 13.2 Å². The Balaban J connectivity index is 2.62. The van der Waals surface area contributed by atoms with Crippen LogP contribution < -0.4 is 0 Å². The van der Waals surface area contributed by atoms with Gasteiger partial charge in [-0.05, 0) is 23.6 Å². The number of fused-ring (bicyclic) bond motifs is 1. The van der Waals surface area contributed by atoms with Crippen LogP contribution in [0.1, 0.15) is 0 Å². The first-order valence-electron chi connectivity index (χ1n) is 5.71. The van der Waals surface area contributed by atoms with Crippen molar-refractivity contribution in [2.45, 2.75) is 4.90 Å². The van der Waals surface area contributed by atoms with Crippen molar-refractivity contribution < 1.29 is 21.6 Å². The largest absolute Gasteiger partial charge is 0.345 e. The van der Waals surface area contributed by atoms with Crippen molar-refractivity contribution in [1.29, 1.82) is 0 Å². The Morgan fingerprint density at radius 1 is 1.14 bits per heavy atom. The topological polar surface area (TPSA) is 101 Å². The molecule has 0 saturated heterocycles. The molecule has 0 atom stereocenters. The number of rotatable bonds is 4. The number of halogens is 1. The van der Waals surface area contributed by atoms with Crippen molar-refractivity contribution in [1.82, 2.24) is 3.71 Å². The molecule has 2 aromatic rings. The van der Waals surface area contributed by atoms with Crippen LogP contribution in [0.4, 0.5) is 0 Å². The van der Waals surface area contributed by atoms with E-state index in [2.05, 4.69) is 4.40 Å². The van der Waals surface area contributed by atoms with Crippen LogP contribution in [0.3, 0.4) is 0 Å². The number of hydrogen-bond donors (Lipinski definition) is 0. The van der Waals surface area contributed by atoms with Crippen LogP contribution in [0, 0.1) is 0 Å². The lowest BCUT2D eigenvalue weighted by molar-refractivity contribution is 0.526. The zero-order valence-electron chi connectivity index (χ0n) is 11.1. The number of isocyanates is 1. The third kappa shape index (κ3) is 2.90. The zero-order valence-corrected chi connectivity index (χ0v) is 13.5. The third-order valence-corrected chi connectivity index (χ3v) is 6.88. The van der Waals surface area contributed by atoms with Gasteiger partial charge in [0.1, 0.15) is 0 Å². The van der Waals surface area contributed by atoms with E-state index in [9.17, 15) is 21.6 Å². The molecule has 0 spiro atoms. The molecule has 0 N–H and O–H groups in total. The van der Waals surface area contributed by atoms with Crippen molar-refractivity contribution in [3.8, 4) is 0 Å². The van der Waals surface area contributed by atoms with Crippen molar-refractivity contribution in [2.24, 2.45) is 4.40 Å². The molecule has 0 radical (unpaired) electrons. The second-order valence-corrected chi connectivity index (χ2v) is 8.40. The molecule has 0 aromatic heterocycles. The summed E-state index contributed by atoms with van der Waals surface area (Å²) in [5, 5.41) is 1.59. The van der Waals surface area contributed by atoms with E-state index in [0.29, 0.717) is 15.8 Å². The highest BCUT2D eigenvalue weighted by Gasteiger charge is 2.31. The molecule has 2 rings (SSSR count). The standard InChI is InChI=1S/C12H9ClN2O5S2/c1-15(22(19,20)14-8-16)21(17,18)10-5-6-11-9(7-10)3-2-4-12(11)13/h2-7H,1H3. The number of carbonyl (C=O) groups excluding carboxylic acids is 1. The summed E-state index contributed by atoms with van der Waals surface area (Å²) in [6.45, 7) is 0. The number of sulfonamides is 1. The van der Waals surface area contributed by atoms with Crippen molar-refractivity contribution >= 4 is 48.7 Å². The number of hydrogen-bond acceptors (Lipinski definition) is 5. The molecule has 0 heterocycles. The molecule has 116 valence electrons. The summed E-state index contributed by atoms with van der Waals surface area (Å²) in [6, 6.07) is 8.89. The normalized spacial score (nSPS) is 12.3. The van der Waals surface area contributed by atoms with Gasteiger partial charge in [0.2, 0.25) is 0 Å². The van der Waals surface area contributed by atoms with Gasteiger partial charge < -0.3 is 0 Å². The molecule has 0 saturated carbocycles. The first kappa shape index (κ1) is 16.6. The molecule has 0 fully saturated rings. The Bertz CT molecular complexity index is 995. The Morgan fingerprint density at radius 3 is 2.45 bits per heavy atom. The average molecular weight is 361 g/mol. The second kappa shape index (κ2) is 5.79. The molecule has 22 heavy (non-hydrogen) atoms. The fraction of sp³-hybridized carbons (Fsp3) is 0.0833. The third-order valence-electron chi connectivity index (χ3n) is 2.91. The van der Waals surface area contributed by atoms with Gasteiger partial charge in [0.15, 0.2) is 0 Å². The fourth-order valence-electron chi connectivity index (χ4n) is 1.76. The minimum absolute atomic E-state index is 0.0105. The van der Waals surface area contributed by atoms with E-state index in [0.717, 1.165) is 13.1 Å². The zero-order chi connectivity index (χ0) is 16.5. The predicted octanol–water partition coefficient (Wildman–Crippen LogP) is 1.69. The quantitative estimate of drug-likeness (QED) is 0.610. The SMILES string of the molecule is CN(S(=O)(=O)N=C=O)S(=O)(=O)c1ccc2c(Cl)cccc2c1. The highest BCUT2D eigenvalue weighted by atomic mass is 35.5. The number of nitrogens with zero attached hydrogens (tertiary/aromatic N) is 2. The summed E-state index contributed by atoms with van der Waals surface area (Å²) in [4.78, 5) is 9.82. The first-order valence-corrected chi connectivity index (χ1v) is 8.93. The summed E-state index contributed by atoms with van der Waals surface area (Å²) in [7, 11) is -8.27. The minimum atomic E-state index is -4.66. The fourth-order valence-corrected chi connectivity index (χ4v) is 4.38. The van der Waals surface area contributed by atoms with Crippen LogP contribution >= 0.6 is 11.6 Å². The highest BCUT2D eigenvalue weighted by molar-refractivity contribution is 8.03. The van der Waals surface area contributed by atoms with Gasteiger partial charge in [0.25, 0.3) is 16.1 Å². The summed E-state index contributed by atoms with van der Waals surface area (Å²) in [5.41, 5.74) is 0. The maximum absolute atomic E-state index is 12.3. The number of benzene rings is 2. The van der Waals surface area contributed by atoms with Crippen LogP contribution in [0.5, 0.6) is 0 Å². The van der Waals surface area contributed by atoms with Gasteiger partial charge in [-0.15, -0.1) is 0 Å². The van der Waals surface area contributed by atoms with E-state index >= 15 is 0 Å². The lowest BCUT2D eigenvalue weighted by Crippen LogP contribution is -2.31. The molecule has 0 aliphatic rings. The molecule has 0 aliphatic heterocycles. The molecule has 0 amide bonds. The molecule has 0 bridgehead atoms. The van der Waals surface area contributed by atoms with Crippen molar-refractivity contribution in [3.05, 3.63) is 41.4 Å². The van der Waals surface area contributed by atoms with Gasteiger partial charge >= 0.3 is 10.2 Å². The Hall–Kier alpha value is -1.77. The minimum Gasteiger partial charge on any atom is -0.210 e. The van der Waals surface area contributed by atoms with E-state index in [4.69, 9.17) is 11.6 Å². The smallest absolute Gasteiger partial charge is 0.210 e. The van der Waals surface area contributed by atoms with Crippen molar-refractivity contribution in [2.75, 3.05) is 7.05 Å². The summed E-state index contributed by atoms with van der Waals surface area (Å²) < 4.78 is 50.3. The van der Waals surface area contributed by atoms with E-state index < -0.39 is 20.2 Å². The van der Waals surface area contributed by atoms with Gasteiger partial charge in [0.05, 0.1) is 4.90 Å². The van der Waals surface area contributed by atoms with Crippen LogP contribution in [0.15, 0.2) is 45.7 Å². The monoisotopic (exact) mass is 360 g/mol. The van der Waals surface area contributed by atoms with Gasteiger partial charge in [-0.2, -0.15) is 8.42 Å². The highest BCUT2D eigenvalue weighted by Crippen LogP contribution is 2.27. The molecule has 10 heteroatoms. The van der Waals surface area contributed by atoms with E-state index in [1.54, 1.807) is 18.2 Å². The summed E-state index contributed by atoms with van der Waals surface area (Å²) in [6.07, 6.45) is 0.813. The molecule has 2 aromatic carbocycles. The molecular weight excluding hydrogens is 352 g/mol. The maximum atomic E-state index is 12.3. The first-order chi connectivity index (χ1) is 10.2. The van der Waals surface area contributed by atoms with E-state index in [1.165, 1.54) is 18.2 Å². The van der Waals surface area contributed by atoms with E-state index in [-0.39, 0.29) is 8.61 Å². The molecule has 0 aliphatic carbocycles. The summed E-state index contributed by atoms with van der Waals surface area (Å²) in [5.74, 6) is 0. The predicted molar refractivity (Wildman–Crippen MR) is 80.9 cm³/mol. The van der Waals surface area contributed by atoms with Crippen LogP contribution in [-0.2, 0) is 25.0 Å². The van der Waals surface area contributed by atoms with Crippen LogP contribution in [0.25, 0.3) is 10.8 Å². The van der Waals surface area contributed by atoms with Crippen LogP contribution in [-0.4, -0.2) is 33.7 Å². The Labute approximate surface area is 132 Å². The van der Waals surface area contributed by atoms with Crippen LogP contribution in [0.2, 0.25) is 5.02 Å². The van der Waals surface area contributed by atoms with Gasteiger partial charge in [-0.1, -0.05) is 37.9 Å².